The number of hydrogen-bond acceptors (Lipinski definition) is 4. The zero-order chi connectivity index (χ0) is 15.0. The Labute approximate surface area is 126 Å². The van der Waals surface area contributed by atoms with Crippen LogP contribution in [0.3, 0.4) is 0 Å². The van der Waals surface area contributed by atoms with Crippen molar-refractivity contribution in [2.24, 2.45) is 0 Å². The van der Waals surface area contributed by atoms with Gasteiger partial charge in [0, 0.05) is 16.7 Å². The summed E-state index contributed by atoms with van der Waals surface area (Å²) in [7, 11) is 0. The van der Waals surface area contributed by atoms with Gasteiger partial charge in [-0.25, -0.2) is 0 Å². The number of halogens is 1. The predicted molar refractivity (Wildman–Crippen MR) is 81.0 cm³/mol. The second-order valence-corrected chi connectivity index (χ2v) is 5.05. The normalized spacial score (nSPS) is 16.9. The maximum Gasteiger partial charge on any atom is 0.225 e. The van der Waals surface area contributed by atoms with Crippen LogP contribution in [-0.2, 0) is 0 Å². The Bertz CT molecular complexity index is 795. The van der Waals surface area contributed by atoms with Crippen molar-refractivity contribution >= 4 is 23.4 Å². The first-order chi connectivity index (χ1) is 10.1. The lowest BCUT2D eigenvalue weighted by molar-refractivity contribution is 0.463. The molecule has 3 rings (SSSR count). The van der Waals surface area contributed by atoms with Crippen molar-refractivity contribution in [2.45, 2.75) is 5.92 Å². The molecule has 1 heterocycles. The van der Waals surface area contributed by atoms with Gasteiger partial charge in [-0.05, 0) is 23.6 Å². The molecule has 0 fully saturated rings. The quantitative estimate of drug-likeness (QED) is 0.702. The average Bonchev–Trinajstić information content (AvgIpc) is 2.46. The Morgan fingerprint density at radius 1 is 1.14 bits per heavy atom. The zero-order valence-electron chi connectivity index (χ0n) is 10.9. The number of ether oxygens (including phenoxy) is 1. The summed E-state index contributed by atoms with van der Waals surface area (Å²) in [6, 6.07) is 12.0. The molecular formula is C16H11ClN2O2. The highest BCUT2D eigenvalue weighted by Crippen LogP contribution is 2.44. The van der Waals surface area contributed by atoms with Gasteiger partial charge in [-0.3, -0.25) is 10.8 Å². The van der Waals surface area contributed by atoms with Crippen LogP contribution in [0, 0.1) is 10.8 Å². The molecule has 1 aliphatic heterocycles. The molecule has 0 aromatic heterocycles. The van der Waals surface area contributed by atoms with Crippen molar-refractivity contribution < 1.29 is 9.84 Å². The molecule has 0 saturated carbocycles. The van der Waals surface area contributed by atoms with E-state index >= 15 is 0 Å². The van der Waals surface area contributed by atoms with Crippen molar-refractivity contribution in [2.75, 3.05) is 0 Å². The van der Waals surface area contributed by atoms with E-state index in [1.165, 1.54) is 6.07 Å². The monoisotopic (exact) mass is 298 g/mol. The lowest BCUT2D eigenvalue weighted by atomic mass is 9.83. The van der Waals surface area contributed by atoms with E-state index in [2.05, 4.69) is 5.87 Å². The summed E-state index contributed by atoms with van der Waals surface area (Å²) in [5.41, 5.74) is 1.82. The van der Waals surface area contributed by atoms with Gasteiger partial charge in [0.15, 0.2) is 0 Å². The van der Waals surface area contributed by atoms with Crippen LogP contribution in [-0.4, -0.2) is 16.9 Å². The van der Waals surface area contributed by atoms with Crippen molar-refractivity contribution in [3.8, 4) is 11.5 Å². The maximum atomic E-state index is 9.57. The lowest BCUT2D eigenvalue weighted by Crippen LogP contribution is -2.24. The summed E-state index contributed by atoms with van der Waals surface area (Å²) in [4.78, 5) is 0. The van der Waals surface area contributed by atoms with E-state index in [4.69, 9.17) is 27.2 Å². The van der Waals surface area contributed by atoms with Gasteiger partial charge in [-0.15, -0.1) is 0 Å². The second-order valence-electron chi connectivity index (χ2n) is 4.65. The van der Waals surface area contributed by atoms with Crippen LogP contribution >= 0.6 is 11.6 Å². The summed E-state index contributed by atoms with van der Waals surface area (Å²) in [6.45, 7) is 0. The van der Waals surface area contributed by atoms with E-state index < -0.39 is 5.92 Å². The standard InChI is InChI=1S/C16H11ClN2O2/c17-13-4-2-1-3-10(13)15-11-6-5-9(20)7-14(11)21-16(19)12(15)8-18/h1-7,15,18-20H. The second kappa shape index (κ2) is 5.09. The third kappa shape index (κ3) is 2.21. The van der Waals surface area contributed by atoms with Crippen molar-refractivity contribution in [1.82, 2.24) is 0 Å². The summed E-state index contributed by atoms with van der Waals surface area (Å²) in [5, 5.41) is 25.5. The minimum Gasteiger partial charge on any atom is -0.508 e. The minimum absolute atomic E-state index is 0.0572. The van der Waals surface area contributed by atoms with Crippen LogP contribution in [0.25, 0.3) is 0 Å². The molecule has 2 aromatic carbocycles. The Hall–Kier alpha value is -2.55. The number of nitrogens with one attached hydrogen (secondary N) is 2. The Balaban J connectivity index is 2.28. The van der Waals surface area contributed by atoms with Crippen molar-refractivity contribution in [1.29, 1.82) is 10.8 Å². The summed E-state index contributed by atoms with van der Waals surface area (Å²) >= 11 is 6.26. The first-order valence-corrected chi connectivity index (χ1v) is 6.63. The highest BCUT2D eigenvalue weighted by Gasteiger charge is 2.33. The zero-order valence-corrected chi connectivity index (χ0v) is 11.6. The van der Waals surface area contributed by atoms with Crippen LogP contribution in [0.4, 0.5) is 0 Å². The molecule has 0 radical (unpaired) electrons. The average molecular weight is 299 g/mol. The van der Waals surface area contributed by atoms with Crippen molar-refractivity contribution in [3.63, 3.8) is 0 Å². The molecule has 5 heteroatoms. The van der Waals surface area contributed by atoms with Gasteiger partial charge in [0.1, 0.15) is 11.5 Å². The first kappa shape index (κ1) is 13.4. The number of hydrogen-bond donors (Lipinski definition) is 3. The molecule has 1 unspecified atom stereocenters. The van der Waals surface area contributed by atoms with Gasteiger partial charge in [0.05, 0.1) is 11.5 Å². The van der Waals surface area contributed by atoms with Gasteiger partial charge in [-0.2, -0.15) is 0 Å². The molecular weight excluding hydrogens is 288 g/mol. The SMILES string of the molecule is N=C=C1C(=N)Oc2cc(O)ccc2C1c1ccccc1Cl. The first-order valence-electron chi connectivity index (χ1n) is 6.25. The lowest BCUT2D eigenvalue weighted by Gasteiger charge is -2.28. The van der Waals surface area contributed by atoms with Crippen LogP contribution in [0.1, 0.15) is 17.0 Å². The summed E-state index contributed by atoms with van der Waals surface area (Å²) in [6.07, 6.45) is 0. The molecule has 0 amide bonds. The van der Waals surface area contributed by atoms with Crippen LogP contribution < -0.4 is 4.74 Å². The van der Waals surface area contributed by atoms with Gasteiger partial charge in [0.2, 0.25) is 5.90 Å². The maximum absolute atomic E-state index is 9.57. The molecule has 0 aliphatic carbocycles. The van der Waals surface area contributed by atoms with Gasteiger partial charge >= 0.3 is 0 Å². The largest absolute Gasteiger partial charge is 0.508 e. The van der Waals surface area contributed by atoms with E-state index in [1.54, 1.807) is 18.2 Å². The molecule has 0 saturated heterocycles. The molecule has 2 aromatic rings. The molecule has 104 valence electrons. The fourth-order valence-electron chi connectivity index (χ4n) is 2.46. The van der Waals surface area contributed by atoms with Crippen LogP contribution in [0.2, 0.25) is 5.02 Å². The smallest absolute Gasteiger partial charge is 0.225 e. The number of aromatic hydroxyl groups is 1. The van der Waals surface area contributed by atoms with Gasteiger partial charge in [0.25, 0.3) is 0 Å². The van der Waals surface area contributed by atoms with E-state index in [0.717, 1.165) is 11.1 Å². The highest BCUT2D eigenvalue weighted by molar-refractivity contribution is 6.31. The molecule has 1 aliphatic rings. The Morgan fingerprint density at radius 2 is 1.90 bits per heavy atom. The van der Waals surface area contributed by atoms with Crippen LogP contribution in [0.15, 0.2) is 48.0 Å². The molecule has 1 atom stereocenters. The Kier molecular flexibility index (Phi) is 3.26. The molecule has 0 bridgehead atoms. The molecule has 4 nitrogen and oxygen atoms in total. The number of benzene rings is 2. The topological polar surface area (TPSA) is 77.2 Å². The molecule has 3 N–H and O–H groups in total. The Morgan fingerprint density at radius 3 is 2.62 bits per heavy atom. The van der Waals surface area contributed by atoms with Gasteiger partial charge in [-0.1, -0.05) is 35.9 Å². The summed E-state index contributed by atoms with van der Waals surface area (Å²) in [5.74, 6) is 2.16. The number of fused-ring (bicyclic) bond motifs is 1. The van der Waals surface area contributed by atoms with E-state index in [-0.39, 0.29) is 11.6 Å². The third-order valence-corrected chi connectivity index (χ3v) is 3.75. The number of rotatable bonds is 1. The van der Waals surface area contributed by atoms with E-state index in [1.807, 2.05) is 18.2 Å². The number of phenolic OH excluding ortho intramolecular Hbond substituents is 1. The van der Waals surface area contributed by atoms with Crippen molar-refractivity contribution in [3.05, 3.63) is 64.2 Å². The van der Waals surface area contributed by atoms with Crippen LogP contribution in [0.5, 0.6) is 11.5 Å². The highest BCUT2D eigenvalue weighted by atomic mass is 35.5. The fraction of sp³-hybridized carbons (Fsp3) is 0.0625. The number of phenols is 1. The minimum atomic E-state index is -0.409. The van der Waals surface area contributed by atoms with E-state index in [0.29, 0.717) is 16.3 Å². The fourth-order valence-corrected chi connectivity index (χ4v) is 2.71. The molecule has 0 spiro atoms. The van der Waals surface area contributed by atoms with E-state index in [9.17, 15) is 5.11 Å². The molecule has 21 heavy (non-hydrogen) atoms. The predicted octanol–water partition coefficient (Wildman–Crippen LogP) is 3.72. The van der Waals surface area contributed by atoms with Gasteiger partial charge < -0.3 is 9.84 Å². The summed E-state index contributed by atoms with van der Waals surface area (Å²) < 4.78 is 5.37. The third-order valence-electron chi connectivity index (χ3n) is 3.40.